The van der Waals surface area contributed by atoms with Crippen molar-refractivity contribution in [3.05, 3.63) is 160 Å². The van der Waals surface area contributed by atoms with E-state index in [1.807, 2.05) is 53.1 Å². The van der Waals surface area contributed by atoms with Gasteiger partial charge in [0.15, 0.2) is 0 Å². The Kier molecular flexibility index (Phi) is 25.2. The van der Waals surface area contributed by atoms with Crippen LogP contribution in [-0.2, 0) is 104 Å². The van der Waals surface area contributed by atoms with Crippen molar-refractivity contribution < 1.29 is 71.6 Å². The second kappa shape index (κ2) is 34.3. The summed E-state index contributed by atoms with van der Waals surface area (Å²) < 4.78 is 41.8. The molecule has 4 aliphatic heterocycles. The number of nitrogens with zero attached hydrogens (tertiary/aromatic N) is 6. The first-order valence-electron chi connectivity index (χ1n) is 35.5. The highest BCUT2D eigenvalue weighted by atomic mass is 19.1. The van der Waals surface area contributed by atoms with E-state index in [1.54, 1.807) is 88.1 Å². The number of ether oxygens (including phenoxy) is 4. The van der Waals surface area contributed by atoms with Crippen molar-refractivity contribution in [1.29, 1.82) is 0 Å². The van der Waals surface area contributed by atoms with Crippen LogP contribution in [0.5, 0.6) is 5.75 Å². The summed E-state index contributed by atoms with van der Waals surface area (Å²) in [5.74, 6) is -4.99. The van der Waals surface area contributed by atoms with Crippen LogP contribution >= 0.6 is 0 Å². The zero-order chi connectivity index (χ0) is 73.5. The lowest BCUT2D eigenvalue weighted by Crippen LogP contribution is -2.64. The molecule has 8 atom stereocenters. The van der Waals surface area contributed by atoms with E-state index in [4.69, 9.17) is 18.9 Å². The SMILES string of the molecule is CCOC(=O)CCCCCC(=O)NCc1ccc2cc1Cn1cc(nn1)Cn1cc(c3cc(F)ccc31)C[C@@H]1NC(=O)[C@@H](NC(=O)OC(C)(C)C)Cc3cccc(c3)C/C=C/CO[C@H]3CCN(C1=O)[C@@H]3C(=O)N[C@@H]([C@@H](C)O)C(=O)N[C@@H](Cc1ccc(OC)cc1)C(=O)N1CCC[C@@]1(C)C(=O)NCC2. The molecule has 27 heteroatoms. The minimum absolute atomic E-state index is 0.0167. The monoisotopic (exact) mass is 1420 g/mol. The maximum absolute atomic E-state index is 16.0. The molecule has 103 heavy (non-hydrogen) atoms. The van der Waals surface area contributed by atoms with Crippen LogP contribution in [0, 0.1) is 5.82 Å². The van der Waals surface area contributed by atoms with Crippen LogP contribution in [0.4, 0.5) is 9.18 Å². The maximum atomic E-state index is 16.0. The molecule has 6 aromatic rings. The lowest BCUT2D eigenvalue weighted by molar-refractivity contribution is -0.147. The van der Waals surface area contributed by atoms with Crippen LogP contribution in [0.25, 0.3) is 10.9 Å². The highest BCUT2D eigenvalue weighted by Crippen LogP contribution is 2.32. The molecule has 0 radical (unpaired) electrons. The summed E-state index contributed by atoms with van der Waals surface area (Å²) in [4.78, 5) is 133. The number of allylic oxidation sites excluding steroid dienone is 1. The van der Waals surface area contributed by atoms with Gasteiger partial charge in [0.1, 0.15) is 58.6 Å². The van der Waals surface area contributed by atoms with Gasteiger partial charge in [0.2, 0.25) is 41.4 Å². The second-order valence-electron chi connectivity index (χ2n) is 28.1. The standard InChI is InChI=1S/C76H95FN12O14/c1-8-101-65(92)20-11-9-10-19-64(91)79-42-52-24-21-50-29-32-78-73(98)76(6)31-15-33-89(76)72(97)60(38-49-22-26-57(100-7)27-23-49)81-69(94)66(47(2)90)83-70(95)67-63-30-34-88(67)71(96)61(40-54-43-86(62-28-25-55(77)41-58(54)62)45-56-46-87(85-84-56)44-53(52)37-50)80-68(93)59(82-74(99)103-75(3,4)5)39-51-18-14-17-48(36-51)16-12-13-35-102-63/h12-14,17-18,21-28,36-37,41,43,46-47,59-61,63,66-67,90H,8-11,15-16,19-20,29-35,38-40,42,44-45H2,1-7H3,(H,78,98)(H,79,91)(H,80,93)(H,81,94)(H,82,99)(H,83,95)/b13-12+/t47-,59+,60+,61+,63+,66+,67+,76+/m1/s1. The first kappa shape index (κ1) is 75.6. The van der Waals surface area contributed by atoms with Crippen LogP contribution in [0.2, 0.25) is 0 Å². The third-order valence-electron chi connectivity index (χ3n) is 19.2. The third kappa shape index (κ3) is 19.8. The van der Waals surface area contributed by atoms with E-state index in [-0.39, 0.29) is 103 Å². The van der Waals surface area contributed by atoms with Crippen LogP contribution in [-0.4, -0.2) is 181 Å². The van der Waals surface area contributed by atoms with E-state index in [9.17, 15) is 24.3 Å². The zero-order valence-corrected chi connectivity index (χ0v) is 59.6. The first-order valence-corrected chi connectivity index (χ1v) is 35.5. The van der Waals surface area contributed by atoms with Crippen LogP contribution < -0.4 is 36.6 Å². The number of nitrogens with one attached hydrogen (secondary N) is 6. The molecule has 0 saturated carbocycles. The number of amides is 8. The van der Waals surface area contributed by atoms with E-state index in [1.165, 1.54) is 36.0 Å². The topological polar surface area (TPSA) is 325 Å². The Morgan fingerprint density at radius 2 is 1.62 bits per heavy atom. The number of carbonyl (C=O) groups is 9. The number of esters is 1. The predicted molar refractivity (Wildman–Crippen MR) is 378 cm³/mol. The number of carbonyl (C=O) groups excluding carboxylic acids is 9. The van der Waals surface area contributed by atoms with Crippen molar-refractivity contribution in [2.75, 3.05) is 40.0 Å². The summed E-state index contributed by atoms with van der Waals surface area (Å²) in [7, 11) is 1.51. The lowest BCUT2D eigenvalue weighted by atomic mass is 9.95. The van der Waals surface area contributed by atoms with Gasteiger partial charge in [0.05, 0.1) is 51.8 Å². The summed E-state index contributed by atoms with van der Waals surface area (Å²) in [6.07, 6.45) is 7.10. The van der Waals surface area contributed by atoms with Gasteiger partial charge in [-0.1, -0.05) is 78.4 Å². The Morgan fingerprint density at radius 3 is 2.39 bits per heavy atom. The average Bonchev–Trinajstić information content (AvgIpc) is 1.66. The number of unbranched alkanes of at least 4 members (excludes halogenated alkanes) is 2. The largest absolute Gasteiger partial charge is 0.497 e. The number of aromatic nitrogens is 4. The highest BCUT2D eigenvalue weighted by molar-refractivity contribution is 5.99. The summed E-state index contributed by atoms with van der Waals surface area (Å²) >= 11 is 0. The molecule has 7 N–H and O–H groups in total. The van der Waals surface area contributed by atoms with Crippen LogP contribution in [0.1, 0.15) is 138 Å². The molecule has 2 aromatic heterocycles. The number of alkyl carbamates (subject to hydrolysis) is 1. The Balaban J connectivity index is 1.05. The molecule has 10 rings (SSSR count). The fraction of sp³-hybridized carbons (Fsp3) is 0.487. The normalized spacial score (nSPS) is 22.6. The van der Waals surface area contributed by atoms with Gasteiger partial charge >= 0.3 is 12.1 Å². The van der Waals surface area contributed by atoms with Gasteiger partial charge < -0.3 is 70.3 Å². The van der Waals surface area contributed by atoms with Gasteiger partial charge in [-0.25, -0.2) is 13.9 Å². The van der Waals surface area contributed by atoms with Crippen molar-refractivity contribution in [2.45, 2.75) is 198 Å². The number of benzene rings is 4. The van der Waals surface area contributed by atoms with E-state index in [0.29, 0.717) is 84.2 Å². The molecule has 4 aromatic carbocycles. The molecule has 26 nitrogen and oxygen atoms in total. The van der Waals surface area contributed by atoms with E-state index in [0.717, 1.165) is 22.3 Å². The van der Waals surface area contributed by atoms with Gasteiger partial charge in [-0.2, -0.15) is 0 Å². The summed E-state index contributed by atoms with van der Waals surface area (Å²) in [5.41, 5.74) is 3.58. The minimum Gasteiger partial charge on any atom is -0.497 e. The fourth-order valence-corrected chi connectivity index (χ4v) is 13.9. The van der Waals surface area contributed by atoms with E-state index < -0.39 is 101 Å². The molecule has 6 heterocycles. The number of aliphatic hydroxyl groups is 1. The molecular formula is C76H95FN12O14. The highest BCUT2D eigenvalue weighted by Gasteiger charge is 2.49. The van der Waals surface area contributed by atoms with E-state index in [2.05, 4.69) is 42.2 Å². The van der Waals surface area contributed by atoms with Crippen LogP contribution in [0.15, 0.2) is 109 Å². The predicted octanol–water partition coefficient (Wildman–Crippen LogP) is 5.52. The summed E-state index contributed by atoms with van der Waals surface area (Å²) in [6, 6.07) is 16.8. The van der Waals surface area contributed by atoms with Crippen molar-refractivity contribution >= 4 is 64.3 Å². The molecule has 0 aliphatic carbocycles. The minimum atomic E-state index is -1.75. The Labute approximate surface area is 598 Å². The molecule has 8 amide bonds. The van der Waals surface area contributed by atoms with E-state index >= 15 is 28.4 Å². The smallest absolute Gasteiger partial charge is 0.408 e. The second-order valence-corrected chi connectivity index (χ2v) is 28.1. The molecule has 2 fully saturated rings. The van der Waals surface area contributed by atoms with Gasteiger partial charge in [-0.3, -0.25) is 38.4 Å². The number of hydrogen-bond acceptors (Lipinski definition) is 16. The van der Waals surface area contributed by atoms with Crippen molar-refractivity contribution in [3.8, 4) is 5.75 Å². The number of aliphatic hydroxyl groups excluding tert-OH is 1. The summed E-state index contributed by atoms with van der Waals surface area (Å²) in [6.45, 7) is 10.7. The molecular weight excluding hydrogens is 1320 g/mol. The molecule has 12 bridgehead atoms. The maximum Gasteiger partial charge on any atom is 0.408 e. The summed E-state index contributed by atoms with van der Waals surface area (Å²) in [5, 5.41) is 38.4. The van der Waals surface area contributed by atoms with Gasteiger partial charge in [0.25, 0.3) is 0 Å². The Hall–Kier alpha value is -10.0. The third-order valence-corrected chi connectivity index (χ3v) is 19.2. The molecule has 0 unspecified atom stereocenters. The average molecular weight is 1420 g/mol. The quantitative estimate of drug-likeness (QED) is 0.0401. The van der Waals surface area contributed by atoms with Crippen molar-refractivity contribution in [1.82, 2.24) is 61.3 Å². The number of hydrogen-bond donors (Lipinski definition) is 7. The lowest BCUT2D eigenvalue weighted by Gasteiger charge is -2.37. The van der Waals surface area contributed by atoms with Gasteiger partial charge in [0, 0.05) is 75.4 Å². The first-order chi connectivity index (χ1) is 49.3. The van der Waals surface area contributed by atoms with Crippen LogP contribution in [0.3, 0.4) is 0 Å². The number of fused-ring (bicyclic) bond motifs is 13. The Bertz CT molecular complexity index is 4090. The molecule has 2 saturated heterocycles. The van der Waals surface area contributed by atoms with Gasteiger partial charge in [-0.15, -0.1) is 5.10 Å². The fourth-order valence-electron chi connectivity index (χ4n) is 13.9. The zero-order valence-electron chi connectivity index (χ0n) is 59.6. The van der Waals surface area contributed by atoms with Crippen molar-refractivity contribution in [2.24, 2.45) is 0 Å². The van der Waals surface area contributed by atoms with Gasteiger partial charge in [-0.05, 0) is 156 Å². The number of methoxy groups -OCH3 is 1. The molecule has 550 valence electrons. The molecule has 4 aliphatic rings. The number of halogens is 1. The molecule has 0 spiro atoms. The van der Waals surface area contributed by atoms with Crippen molar-refractivity contribution in [3.63, 3.8) is 0 Å². The Morgan fingerprint density at radius 1 is 0.835 bits per heavy atom. The number of rotatable bonds is 14.